The van der Waals surface area contributed by atoms with Crippen molar-refractivity contribution in [1.82, 2.24) is 10.2 Å². The molecule has 1 aliphatic rings. The van der Waals surface area contributed by atoms with Gasteiger partial charge in [0.05, 0.1) is 6.54 Å². The van der Waals surface area contributed by atoms with Crippen LogP contribution in [0, 0.1) is 0 Å². The maximum atomic E-state index is 12.4. The number of benzene rings is 2. The van der Waals surface area contributed by atoms with Gasteiger partial charge in [0, 0.05) is 6.42 Å². The van der Waals surface area contributed by atoms with Crippen LogP contribution in [0.4, 0.5) is 4.79 Å². The van der Waals surface area contributed by atoms with Gasteiger partial charge in [0.2, 0.25) is 5.91 Å². The summed E-state index contributed by atoms with van der Waals surface area (Å²) in [6.45, 7) is 0.311. The maximum absolute atomic E-state index is 12.4. The lowest BCUT2D eigenvalue weighted by Crippen LogP contribution is -2.46. The molecule has 0 bridgehead atoms. The second kappa shape index (κ2) is 8.29. The van der Waals surface area contributed by atoms with Crippen LogP contribution >= 0.6 is 0 Å². The van der Waals surface area contributed by atoms with Crippen LogP contribution in [0.3, 0.4) is 0 Å². The molecule has 6 nitrogen and oxygen atoms in total. The van der Waals surface area contributed by atoms with Gasteiger partial charge in [-0.15, -0.1) is 0 Å². The Labute approximate surface area is 151 Å². The van der Waals surface area contributed by atoms with Gasteiger partial charge in [-0.25, -0.2) is 9.59 Å². The molecule has 1 fully saturated rings. The lowest BCUT2D eigenvalue weighted by atomic mass is 10.1. The highest BCUT2D eigenvalue weighted by Gasteiger charge is 2.32. The Balaban J connectivity index is 1.60. The monoisotopic (exact) mass is 352 g/mol. The number of hydrogen-bond donors (Lipinski definition) is 1. The second-order valence-corrected chi connectivity index (χ2v) is 6.10. The summed E-state index contributed by atoms with van der Waals surface area (Å²) in [6.07, 6.45) is 0.333. The second-order valence-electron chi connectivity index (χ2n) is 6.10. The van der Waals surface area contributed by atoms with Gasteiger partial charge in [-0.05, 0) is 17.5 Å². The van der Waals surface area contributed by atoms with E-state index < -0.39 is 18.0 Å². The third-order valence-electron chi connectivity index (χ3n) is 4.18. The van der Waals surface area contributed by atoms with Crippen LogP contribution in [0.25, 0.3) is 0 Å². The first-order chi connectivity index (χ1) is 12.6. The van der Waals surface area contributed by atoms with Crippen LogP contribution in [-0.4, -0.2) is 28.8 Å². The zero-order valence-electron chi connectivity index (χ0n) is 14.3. The van der Waals surface area contributed by atoms with E-state index >= 15 is 0 Å². The number of nitrogens with one attached hydrogen (secondary N) is 1. The van der Waals surface area contributed by atoms with E-state index in [0.29, 0.717) is 0 Å². The van der Waals surface area contributed by atoms with Crippen LogP contribution in [-0.2, 0) is 27.5 Å². The summed E-state index contributed by atoms with van der Waals surface area (Å²) < 4.78 is 5.28. The predicted octanol–water partition coefficient (Wildman–Crippen LogP) is 2.63. The quantitative estimate of drug-likeness (QED) is 0.840. The number of amides is 3. The van der Waals surface area contributed by atoms with E-state index in [1.165, 1.54) is 0 Å². The summed E-state index contributed by atoms with van der Waals surface area (Å²) in [5.74, 6) is -0.832. The third-order valence-corrected chi connectivity index (χ3v) is 4.18. The summed E-state index contributed by atoms with van der Waals surface area (Å²) in [5, 5.41) is 2.61. The predicted molar refractivity (Wildman–Crippen MR) is 94.8 cm³/mol. The van der Waals surface area contributed by atoms with Crippen LogP contribution < -0.4 is 5.32 Å². The molecule has 0 radical (unpaired) electrons. The molecule has 3 rings (SSSR count). The van der Waals surface area contributed by atoms with E-state index in [9.17, 15) is 14.4 Å². The average Bonchev–Trinajstić information content (AvgIpc) is 2.81. The number of nitrogens with zero attached hydrogens (tertiary/aromatic N) is 1. The topological polar surface area (TPSA) is 75.7 Å². The lowest BCUT2D eigenvalue weighted by Gasteiger charge is -2.19. The number of hydrogen-bond acceptors (Lipinski definition) is 4. The number of carbonyl (C=O) groups excluding carboxylic acids is 3. The summed E-state index contributed by atoms with van der Waals surface area (Å²) in [7, 11) is 0. The van der Waals surface area contributed by atoms with Gasteiger partial charge in [-0.2, -0.15) is 0 Å². The Hall–Kier alpha value is -3.15. The third kappa shape index (κ3) is 4.47. The molecule has 1 unspecified atom stereocenters. The van der Waals surface area contributed by atoms with E-state index in [0.717, 1.165) is 16.0 Å². The SMILES string of the molecule is O=C(OCc1ccccc1)C1CCC(=O)N(Cc2ccccc2)C(=O)N1. The fourth-order valence-corrected chi connectivity index (χ4v) is 2.75. The van der Waals surface area contributed by atoms with Crippen LogP contribution in [0.1, 0.15) is 24.0 Å². The minimum atomic E-state index is -0.823. The number of ether oxygens (including phenoxy) is 1. The van der Waals surface area contributed by atoms with Crippen molar-refractivity contribution in [2.24, 2.45) is 0 Å². The molecule has 1 atom stereocenters. The largest absolute Gasteiger partial charge is 0.459 e. The molecule has 2 aromatic rings. The molecule has 3 amide bonds. The van der Waals surface area contributed by atoms with Crippen molar-refractivity contribution in [2.45, 2.75) is 32.0 Å². The van der Waals surface area contributed by atoms with Crippen molar-refractivity contribution in [2.75, 3.05) is 0 Å². The van der Waals surface area contributed by atoms with Gasteiger partial charge in [-0.3, -0.25) is 9.69 Å². The normalized spacial score (nSPS) is 17.4. The number of carbonyl (C=O) groups is 3. The zero-order valence-corrected chi connectivity index (χ0v) is 14.3. The van der Waals surface area contributed by atoms with Crippen molar-refractivity contribution < 1.29 is 19.1 Å². The van der Waals surface area contributed by atoms with Crippen molar-refractivity contribution in [1.29, 1.82) is 0 Å². The fourth-order valence-electron chi connectivity index (χ4n) is 2.75. The molecule has 2 aromatic carbocycles. The fraction of sp³-hybridized carbons (Fsp3) is 0.250. The van der Waals surface area contributed by atoms with E-state index in [2.05, 4.69) is 5.32 Å². The molecular formula is C20H20N2O4. The highest BCUT2D eigenvalue weighted by Crippen LogP contribution is 2.14. The summed E-state index contributed by atoms with van der Waals surface area (Å²) >= 11 is 0. The zero-order chi connectivity index (χ0) is 18.4. The molecule has 1 N–H and O–H groups in total. The first-order valence-electron chi connectivity index (χ1n) is 8.49. The van der Waals surface area contributed by atoms with Crippen molar-refractivity contribution in [3.05, 3.63) is 71.8 Å². The van der Waals surface area contributed by atoms with E-state index in [1.807, 2.05) is 60.7 Å². The van der Waals surface area contributed by atoms with Gasteiger partial charge >= 0.3 is 12.0 Å². The minimum absolute atomic E-state index is 0.108. The highest BCUT2D eigenvalue weighted by atomic mass is 16.5. The Morgan fingerprint density at radius 2 is 1.62 bits per heavy atom. The van der Waals surface area contributed by atoms with E-state index in [4.69, 9.17) is 4.74 Å². The number of imide groups is 1. The molecule has 0 aromatic heterocycles. The first kappa shape index (κ1) is 17.7. The molecule has 0 saturated carbocycles. The Morgan fingerprint density at radius 3 is 2.27 bits per heavy atom. The Bertz CT molecular complexity index is 777. The Kier molecular flexibility index (Phi) is 5.63. The summed E-state index contributed by atoms with van der Waals surface area (Å²) in [4.78, 5) is 38.1. The maximum Gasteiger partial charge on any atom is 0.329 e. The van der Waals surface area contributed by atoms with Gasteiger partial charge < -0.3 is 10.1 Å². The van der Waals surface area contributed by atoms with E-state index in [-0.39, 0.29) is 31.9 Å². The molecule has 6 heteroatoms. The molecule has 26 heavy (non-hydrogen) atoms. The lowest BCUT2D eigenvalue weighted by molar-refractivity contribution is -0.147. The van der Waals surface area contributed by atoms with Gasteiger partial charge in [0.25, 0.3) is 0 Å². The van der Waals surface area contributed by atoms with Gasteiger partial charge in [-0.1, -0.05) is 60.7 Å². The first-order valence-corrected chi connectivity index (χ1v) is 8.49. The molecule has 1 saturated heterocycles. The van der Waals surface area contributed by atoms with Crippen molar-refractivity contribution >= 4 is 17.9 Å². The average molecular weight is 352 g/mol. The minimum Gasteiger partial charge on any atom is -0.459 e. The van der Waals surface area contributed by atoms with Crippen LogP contribution in [0.5, 0.6) is 0 Å². The molecule has 134 valence electrons. The molecule has 1 heterocycles. The highest BCUT2D eigenvalue weighted by molar-refractivity contribution is 5.97. The van der Waals surface area contributed by atoms with Crippen LogP contribution in [0.15, 0.2) is 60.7 Å². The van der Waals surface area contributed by atoms with Crippen molar-refractivity contribution in [3.63, 3.8) is 0 Å². The van der Waals surface area contributed by atoms with Crippen molar-refractivity contribution in [3.8, 4) is 0 Å². The molecular weight excluding hydrogens is 332 g/mol. The summed E-state index contributed by atoms with van der Waals surface area (Å²) in [6, 6.07) is 17.2. The number of esters is 1. The molecule has 0 aliphatic carbocycles. The standard InChI is InChI=1S/C20H20N2O4/c23-18-12-11-17(19(24)26-14-16-9-5-2-6-10-16)21-20(25)22(18)13-15-7-3-1-4-8-15/h1-10,17H,11-14H2,(H,21,25). The van der Waals surface area contributed by atoms with Gasteiger partial charge in [0.1, 0.15) is 12.6 Å². The number of rotatable bonds is 5. The smallest absolute Gasteiger partial charge is 0.329 e. The Morgan fingerprint density at radius 1 is 1.00 bits per heavy atom. The molecule has 0 spiro atoms. The van der Waals surface area contributed by atoms with Gasteiger partial charge in [0.15, 0.2) is 0 Å². The molecule has 1 aliphatic heterocycles. The van der Waals surface area contributed by atoms with E-state index in [1.54, 1.807) is 0 Å². The number of urea groups is 1. The van der Waals surface area contributed by atoms with Crippen LogP contribution in [0.2, 0.25) is 0 Å². The summed E-state index contributed by atoms with van der Waals surface area (Å²) in [5.41, 5.74) is 1.71.